The highest BCUT2D eigenvalue weighted by atomic mass is 35.5. The number of rotatable bonds is 4. The highest BCUT2D eigenvalue weighted by Gasteiger charge is 2.23. The monoisotopic (exact) mass is 353 g/mol. The van der Waals surface area contributed by atoms with Crippen molar-refractivity contribution in [1.82, 2.24) is 14.5 Å². The van der Waals surface area contributed by atoms with Crippen LogP contribution >= 0.6 is 22.9 Å². The van der Waals surface area contributed by atoms with E-state index in [-0.39, 0.29) is 10.9 Å². The van der Waals surface area contributed by atoms with Crippen LogP contribution in [0.5, 0.6) is 0 Å². The Balaban J connectivity index is 2.00. The summed E-state index contributed by atoms with van der Waals surface area (Å²) in [4.78, 5) is 8.21. The van der Waals surface area contributed by atoms with E-state index in [1.165, 1.54) is 22.1 Å². The Morgan fingerprint density at radius 1 is 1.36 bits per heavy atom. The van der Waals surface area contributed by atoms with Gasteiger partial charge >= 0.3 is 0 Å². The molecule has 2 heterocycles. The van der Waals surface area contributed by atoms with Crippen LogP contribution in [0.4, 0.5) is 0 Å². The van der Waals surface area contributed by atoms with Gasteiger partial charge in [-0.2, -0.15) is 0 Å². The summed E-state index contributed by atoms with van der Waals surface area (Å²) in [6.07, 6.45) is 3.06. The zero-order valence-electron chi connectivity index (χ0n) is 11.6. The Bertz CT molecular complexity index is 916. The molecule has 22 heavy (non-hydrogen) atoms. The third-order valence-corrected chi connectivity index (χ3v) is 5.57. The lowest BCUT2D eigenvalue weighted by molar-refractivity contribution is 0.583. The second kappa shape index (κ2) is 5.83. The first kappa shape index (κ1) is 15.2. The van der Waals surface area contributed by atoms with Gasteiger partial charge in [0.1, 0.15) is 5.75 Å². The highest BCUT2D eigenvalue weighted by Crippen LogP contribution is 2.21. The summed E-state index contributed by atoms with van der Waals surface area (Å²) in [5.41, 5.74) is 1.18. The van der Waals surface area contributed by atoms with E-state index in [1.807, 2.05) is 6.92 Å². The number of nitrogens with zero attached hydrogens (tertiary/aromatic N) is 3. The number of hydrogen-bond donors (Lipinski definition) is 0. The first-order chi connectivity index (χ1) is 10.5. The molecule has 8 heteroatoms. The molecule has 0 aliphatic carbocycles. The fourth-order valence-electron chi connectivity index (χ4n) is 2.08. The van der Waals surface area contributed by atoms with Crippen LogP contribution in [0.3, 0.4) is 0 Å². The topological polar surface area (TPSA) is 64.8 Å². The number of hydrogen-bond acceptors (Lipinski definition) is 5. The van der Waals surface area contributed by atoms with Crippen LogP contribution in [0, 0.1) is 6.92 Å². The molecule has 3 rings (SSSR count). The molecule has 0 aliphatic rings. The van der Waals surface area contributed by atoms with Crippen molar-refractivity contribution < 1.29 is 8.42 Å². The van der Waals surface area contributed by atoms with Crippen LogP contribution in [0.25, 0.3) is 5.69 Å². The number of aryl methyl sites for hydroxylation is 1. The van der Waals surface area contributed by atoms with Crippen LogP contribution in [-0.4, -0.2) is 23.0 Å². The molecule has 114 valence electrons. The Morgan fingerprint density at radius 3 is 2.86 bits per heavy atom. The maximum Gasteiger partial charge on any atom is 0.232 e. The lowest BCUT2D eigenvalue weighted by Crippen LogP contribution is -2.12. The van der Waals surface area contributed by atoms with Gasteiger partial charge in [-0.3, -0.25) is 4.57 Å². The molecule has 3 aromatic rings. The van der Waals surface area contributed by atoms with E-state index in [0.29, 0.717) is 16.4 Å². The number of halogens is 1. The average Bonchev–Trinajstić information content (AvgIpc) is 3.08. The van der Waals surface area contributed by atoms with Gasteiger partial charge in [0.2, 0.25) is 15.0 Å². The summed E-state index contributed by atoms with van der Waals surface area (Å²) in [5.74, 6) is -0.172. The first-order valence-electron chi connectivity index (χ1n) is 6.39. The van der Waals surface area contributed by atoms with Gasteiger partial charge in [-0.1, -0.05) is 17.7 Å². The Kier molecular flexibility index (Phi) is 4.03. The maximum atomic E-state index is 12.6. The van der Waals surface area contributed by atoms with Crippen molar-refractivity contribution >= 4 is 32.8 Å². The quantitative estimate of drug-likeness (QED) is 0.722. The minimum absolute atomic E-state index is 0.0135. The molecular weight excluding hydrogens is 342 g/mol. The molecule has 5 nitrogen and oxygen atoms in total. The zero-order chi connectivity index (χ0) is 15.7. The van der Waals surface area contributed by atoms with Gasteiger partial charge in [-0.05, 0) is 25.1 Å². The number of aromatic nitrogens is 3. The van der Waals surface area contributed by atoms with E-state index in [9.17, 15) is 8.42 Å². The summed E-state index contributed by atoms with van der Waals surface area (Å²) in [7, 11) is -3.60. The third-order valence-electron chi connectivity index (χ3n) is 2.98. The van der Waals surface area contributed by atoms with Crippen molar-refractivity contribution in [2.24, 2.45) is 0 Å². The zero-order valence-corrected chi connectivity index (χ0v) is 14.0. The Labute approximate surface area is 137 Å². The highest BCUT2D eigenvalue weighted by molar-refractivity contribution is 7.90. The Morgan fingerprint density at radius 2 is 2.18 bits per heavy atom. The fourth-order valence-corrected chi connectivity index (χ4v) is 4.33. The summed E-state index contributed by atoms with van der Waals surface area (Å²) in [6, 6.07) is 6.96. The van der Waals surface area contributed by atoms with Crippen LogP contribution < -0.4 is 0 Å². The molecule has 0 N–H and O–H groups in total. The minimum atomic E-state index is -3.60. The van der Waals surface area contributed by atoms with Crippen LogP contribution in [0.2, 0.25) is 5.02 Å². The smallest absolute Gasteiger partial charge is 0.232 e. The standard InChI is InChI=1S/C14H12ClN3O2S2/c1-10-17-12(8-21-10)9-22(19,20)14-16-5-6-18(14)13-4-2-3-11(15)7-13/h2-8H,9H2,1H3. The lowest BCUT2D eigenvalue weighted by Gasteiger charge is -2.08. The van der Waals surface area contributed by atoms with E-state index in [4.69, 9.17) is 11.6 Å². The fraction of sp³-hybridized carbons (Fsp3) is 0.143. The average molecular weight is 354 g/mol. The predicted molar refractivity (Wildman–Crippen MR) is 86.3 cm³/mol. The maximum absolute atomic E-state index is 12.6. The molecule has 2 aromatic heterocycles. The van der Waals surface area contributed by atoms with Crippen LogP contribution in [-0.2, 0) is 15.6 Å². The van der Waals surface area contributed by atoms with E-state index in [1.54, 1.807) is 35.8 Å². The Hall–Kier alpha value is -1.70. The molecule has 0 spiro atoms. The van der Waals surface area contributed by atoms with Crippen molar-refractivity contribution in [3.8, 4) is 5.69 Å². The molecule has 0 unspecified atom stereocenters. The SMILES string of the molecule is Cc1nc(CS(=O)(=O)c2nccn2-c2cccc(Cl)c2)cs1. The second-order valence-corrected chi connectivity index (χ2v) is 8.06. The summed E-state index contributed by atoms with van der Waals surface area (Å²) < 4.78 is 26.7. The molecule has 0 aliphatic heterocycles. The van der Waals surface area contributed by atoms with Gasteiger partial charge < -0.3 is 0 Å². The van der Waals surface area contributed by atoms with Gasteiger partial charge in [0.15, 0.2) is 0 Å². The molecule has 0 amide bonds. The summed E-state index contributed by atoms with van der Waals surface area (Å²) in [6.45, 7) is 1.84. The molecule has 0 saturated heterocycles. The van der Waals surface area contributed by atoms with E-state index < -0.39 is 9.84 Å². The van der Waals surface area contributed by atoms with Gasteiger partial charge in [0, 0.05) is 28.5 Å². The van der Waals surface area contributed by atoms with Crippen molar-refractivity contribution in [2.45, 2.75) is 17.8 Å². The summed E-state index contributed by atoms with van der Waals surface area (Å²) in [5, 5.41) is 3.10. The van der Waals surface area contributed by atoms with Crippen LogP contribution in [0.15, 0.2) is 47.2 Å². The largest absolute Gasteiger partial charge is 0.291 e. The van der Waals surface area contributed by atoms with Crippen molar-refractivity contribution in [3.05, 3.63) is 57.8 Å². The third kappa shape index (κ3) is 3.06. The predicted octanol–water partition coefficient (Wildman–Crippen LogP) is 3.26. The minimum Gasteiger partial charge on any atom is -0.291 e. The number of benzene rings is 1. The van der Waals surface area contributed by atoms with Gasteiger partial charge in [0.25, 0.3) is 0 Å². The molecule has 0 saturated carbocycles. The first-order valence-corrected chi connectivity index (χ1v) is 9.30. The van der Waals surface area contributed by atoms with Crippen molar-refractivity contribution in [1.29, 1.82) is 0 Å². The molecular formula is C14H12ClN3O2S2. The van der Waals surface area contributed by atoms with Crippen LogP contribution in [0.1, 0.15) is 10.7 Å². The normalized spacial score (nSPS) is 11.7. The van der Waals surface area contributed by atoms with E-state index in [2.05, 4.69) is 9.97 Å². The van der Waals surface area contributed by atoms with Crippen molar-refractivity contribution in [3.63, 3.8) is 0 Å². The number of sulfone groups is 1. The lowest BCUT2D eigenvalue weighted by atomic mass is 10.3. The van der Waals surface area contributed by atoms with E-state index >= 15 is 0 Å². The molecule has 0 radical (unpaired) electrons. The van der Waals surface area contributed by atoms with E-state index in [0.717, 1.165) is 5.01 Å². The van der Waals surface area contributed by atoms with Gasteiger partial charge in [-0.25, -0.2) is 18.4 Å². The van der Waals surface area contributed by atoms with Gasteiger partial charge in [-0.15, -0.1) is 11.3 Å². The summed E-state index contributed by atoms with van der Waals surface area (Å²) >= 11 is 7.39. The van der Waals surface area contributed by atoms with Gasteiger partial charge in [0.05, 0.1) is 10.7 Å². The second-order valence-electron chi connectivity index (χ2n) is 4.68. The van der Waals surface area contributed by atoms with Crippen molar-refractivity contribution in [2.75, 3.05) is 0 Å². The number of imidazole rings is 1. The molecule has 1 aromatic carbocycles. The molecule has 0 bridgehead atoms. The molecule has 0 atom stereocenters. The number of thiazole rings is 1. The molecule has 0 fully saturated rings.